The number of nitrogens with one attached hydrogen (secondary N) is 1. The van der Waals surface area contributed by atoms with Crippen molar-refractivity contribution in [2.24, 2.45) is 0 Å². The second-order valence-electron chi connectivity index (χ2n) is 6.35. The van der Waals surface area contributed by atoms with E-state index < -0.39 is 10.0 Å². The molecular weight excluding hydrogens is 406 g/mol. The Kier molecular flexibility index (Phi) is 5.34. The molecule has 3 aromatic heterocycles. The van der Waals surface area contributed by atoms with Gasteiger partial charge in [-0.3, -0.25) is 0 Å². The fourth-order valence-electron chi connectivity index (χ4n) is 2.88. The Morgan fingerprint density at radius 1 is 1.00 bits per heavy atom. The predicted octanol–water partition coefficient (Wildman–Crippen LogP) is 2.29. The average Bonchev–Trinajstić information content (AvgIpc) is 3.22. The highest BCUT2D eigenvalue weighted by Crippen LogP contribution is 2.20. The zero-order valence-electron chi connectivity index (χ0n) is 16.3. The van der Waals surface area contributed by atoms with Gasteiger partial charge in [0, 0.05) is 24.4 Å². The van der Waals surface area contributed by atoms with Gasteiger partial charge in [0.15, 0.2) is 10.7 Å². The number of benzene rings is 1. The summed E-state index contributed by atoms with van der Waals surface area (Å²) in [7, 11) is -0.765. The molecule has 4 aromatic rings. The molecule has 1 N–H and O–H groups in total. The van der Waals surface area contributed by atoms with Gasteiger partial charge in [0.2, 0.25) is 5.88 Å². The van der Waals surface area contributed by atoms with Crippen LogP contribution in [0.5, 0.6) is 11.6 Å². The molecule has 0 aliphatic rings. The lowest BCUT2D eigenvalue weighted by Gasteiger charge is -2.08. The third-order valence-corrected chi connectivity index (χ3v) is 5.80. The summed E-state index contributed by atoms with van der Waals surface area (Å²) in [6, 6.07) is 14.1. The smallest absolute Gasteiger partial charge is 0.260 e. The van der Waals surface area contributed by atoms with Gasteiger partial charge in [0.25, 0.3) is 10.0 Å². The van der Waals surface area contributed by atoms with Crippen LogP contribution in [-0.4, -0.2) is 42.2 Å². The molecule has 9 nitrogen and oxygen atoms in total. The van der Waals surface area contributed by atoms with E-state index in [0.717, 1.165) is 11.1 Å². The van der Waals surface area contributed by atoms with Crippen LogP contribution >= 0.6 is 0 Å². The fourth-order valence-corrected chi connectivity index (χ4v) is 3.93. The SMILES string of the molecule is COc1cccc(CNS(=O)(=O)c2cnc3ccc(-c4ccc(OC)nc4)nn23)c1. The molecule has 4 rings (SSSR count). The van der Waals surface area contributed by atoms with Crippen molar-refractivity contribution in [3.05, 3.63) is 66.5 Å². The van der Waals surface area contributed by atoms with Crippen molar-refractivity contribution >= 4 is 15.7 Å². The van der Waals surface area contributed by atoms with Crippen molar-refractivity contribution in [3.8, 4) is 22.9 Å². The first-order chi connectivity index (χ1) is 14.5. The molecular formula is C20H19N5O4S. The third-order valence-electron chi connectivity index (χ3n) is 4.45. The van der Waals surface area contributed by atoms with E-state index in [0.29, 0.717) is 23.0 Å². The summed E-state index contributed by atoms with van der Waals surface area (Å²) >= 11 is 0. The lowest BCUT2D eigenvalue weighted by Crippen LogP contribution is -2.25. The molecule has 10 heteroatoms. The van der Waals surface area contributed by atoms with Crippen LogP contribution in [0.25, 0.3) is 16.9 Å². The van der Waals surface area contributed by atoms with Crippen LogP contribution in [0, 0.1) is 0 Å². The van der Waals surface area contributed by atoms with Crippen molar-refractivity contribution in [2.75, 3.05) is 14.2 Å². The van der Waals surface area contributed by atoms with Gasteiger partial charge in [-0.15, -0.1) is 0 Å². The minimum atomic E-state index is -3.86. The number of aromatic nitrogens is 4. The van der Waals surface area contributed by atoms with Crippen LogP contribution in [0.3, 0.4) is 0 Å². The van der Waals surface area contributed by atoms with E-state index >= 15 is 0 Å². The minimum Gasteiger partial charge on any atom is -0.497 e. The standard InChI is InChI=1S/C20H19N5O4S/c1-28-16-5-3-4-14(10-16)11-23-30(26,27)20-13-21-18-8-7-17(24-25(18)20)15-6-9-19(29-2)22-12-15/h3-10,12-13,23H,11H2,1-2H3. The van der Waals surface area contributed by atoms with Crippen LogP contribution in [-0.2, 0) is 16.6 Å². The van der Waals surface area contributed by atoms with Crippen molar-refractivity contribution in [3.63, 3.8) is 0 Å². The summed E-state index contributed by atoms with van der Waals surface area (Å²) in [5.41, 5.74) is 2.46. The number of hydrogen-bond donors (Lipinski definition) is 1. The van der Waals surface area contributed by atoms with E-state index in [1.165, 1.54) is 17.8 Å². The Hall–Kier alpha value is -3.50. The zero-order valence-corrected chi connectivity index (χ0v) is 17.1. The number of imidazole rings is 1. The van der Waals surface area contributed by atoms with Gasteiger partial charge < -0.3 is 9.47 Å². The van der Waals surface area contributed by atoms with Gasteiger partial charge >= 0.3 is 0 Å². The highest BCUT2D eigenvalue weighted by atomic mass is 32.2. The van der Waals surface area contributed by atoms with Crippen LogP contribution in [0.15, 0.2) is 66.0 Å². The van der Waals surface area contributed by atoms with Gasteiger partial charge in [-0.1, -0.05) is 12.1 Å². The quantitative estimate of drug-likeness (QED) is 0.484. The molecule has 0 saturated heterocycles. The van der Waals surface area contributed by atoms with Gasteiger partial charge in [-0.25, -0.2) is 27.6 Å². The maximum Gasteiger partial charge on any atom is 0.260 e. The molecule has 0 aliphatic carbocycles. The number of fused-ring (bicyclic) bond motifs is 1. The molecule has 0 spiro atoms. The fraction of sp³-hybridized carbons (Fsp3) is 0.150. The molecule has 0 amide bonds. The molecule has 0 saturated carbocycles. The van der Waals surface area contributed by atoms with Crippen LogP contribution < -0.4 is 14.2 Å². The van der Waals surface area contributed by atoms with Crippen molar-refractivity contribution in [2.45, 2.75) is 11.6 Å². The number of rotatable bonds is 7. The van der Waals surface area contributed by atoms with E-state index in [1.807, 2.05) is 6.07 Å². The van der Waals surface area contributed by atoms with Gasteiger partial charge in [-0.2, -0.15) is 5.10 Å². The first-order valence-corrected chi connectivity index (χ1v) is 10.5. The number of hydrogen-bond acceptors (Lipinski definition) is 7. The number of pyridine rings is 1. The predicted molar refractivity (Wildman–Crippen MR) is 110 cm³/mol. The summed E-state index contributed by atoms with van der Waals surface area (Å²) in [6.45, 7) is 0.106. The zero-order chi connectivity index (χ0) is 21.1. The maximum absolute atomic E-state index is 12.9. The lowest BCUT2D eigenvalue weighted by atomic mass is 10.2. The highest BCUT2D eigenvalue weighted by molar-refractivity contribution is 7.89. The molecule has 3 heterocycles. The monoisotopic (exact) mass is 425 g/mol. The molecule has 0 fully saturated rings. The Morgan fingerprint density at radius 3 is 2.60 bits per heavy atom. The third kappa shape index (κ3) is 3.95. The molecule has 154 valence electrons. The second kappa shape index (κ2) is 8.09. The molecule has 0 radical (unpaired) electrons. The van der Waals surface area contributed by atoms with Crippen molar-refractivity contribution in [1.29, 1.82) is 0 Å². The normalized spacial score (nSPS) is 11.5. The molecule has 0 unspecified atom stereocenters. The molecule has 0 bridgehead atoms. The average molecular weight is 425 g/mol. The molecule has 0 atom stereocenters. The molecule has 1 aromatic carbocycles. The Labute approximate surface area is 173 Å². The summed E-state index contributed by atoms with van der Waals surface area (Å²) in [5.74, 6) is 1.13. The van der Waals surface area contributed by atoms with E-state index in [9.17, 15) is 8.42 Å². The first-order valence-electron chi connectivity index (χ1n) is 8.98. The molecule has 30 heavy (non-hydrogen) atoms. The van der Waals surface area contributed by atoms with Crippen molar-refractivity contribution < 1.29 is 17.9 Å². The van der Waals surface area contributed by atoms with Crippen molar-refractivity contribution in [1.82, 2.24) is 24.3 Å². The molecule has 0 aliphatic heterocycles. The van der Waals surface area contributed by atoms with E-state index in [-0.39, 0.29) is 11.6 Å². The summed E-state index contributed by atoms with van der Waals surface area (Å²) in [6.07, 6.45) is 2.89. The first kappa shape index (κ1) is 19.8. The second-order valence-corrected chi connectivity index (χ2v) is 8.06. The van der Waals surface area contributed by atoms with Crippen LogP contribution in [0.2, 0.25) is 0 Å². The van der Waals surface area contributed by atoms with Gasteiger partial charge in [0.1, 0.15) is 5.75 Å². The largest absolute Gasteiger partial charge is 0.497 e. The number of sulfonamides is 1. The minimum absolute atomic E-state index is 0.0521. The lowest BCUT2D eigenvalue weighted by molar-refractivity contribution is 0.398. The Balaban J connectivity index is 1.63. The van der Waals surface area contributed by atoms with Crippen LogP contribution in [0.1, 0.15) is 5.56 Å². The summed E-state index contributed by atoms with van der Waals surface area (Å²) in [4.78, 5) is 8.32. The highest BCUT2D eigenvalue weighted by Gasteiger charge is 2.20. The summed E-state index contributed by atoms with van der Waals surface area (Å²) in [5, 5.41) is 4.39. The maximum atomic E-state index is 12.9. The van der Waals surface area contributed by atoms with Crippen LogP contribution in [0.4, 0.5) is 0 Å². The van der Waals surface area contributed by atoms with Gasteiger partial charge in [-0.05, 0) is 35.9 Å². The Morgan fingerprint density at radius 2 is 1.87 bits per heavy atom. The Bertz CT molecular complexity index is 1290. The van der Waals surface area contributed by atoms with E-state index in [4.69, 9.17) is 9.47 Å². The number of methoxy groups -OCH3 is 2. The van der Waals surface area contributed by atoms with Gasteiger partial charge in [0.05, 0.1) is 26.1 Å². The number of ether oxygens (including phenoxy) is 2. The van der Waals surface area contributed by atoms with E-state index in [2.05, 4.69) is 19.8 Å². The summed E-state index contributed by atoms with van der Waals surface area (Å²) < 4.78 is 39.9. The topological polar surface area (TPSA) is 108 Å². The number of nitrogens with zero attached hydrogens (tertiary/aromatic N) is 4. The van der Waals surface area contributed by atoms with E-state index in [1.54, 1.807) is 55.8 Å².